The number of nitrogens with one attached hydrogen (secondary N) is 1. The van der Waals surface area contributed by atoms with Crippen LogP contribution in [0.5, 0.6) is 0 Å². The van der Waals surface area contributed by atoms with Gasteiger partial charge in [0.15, 0.2) is 0 Å². The molecule has 0 fully saturated rings. The Balaban J connectivity index is 1.97. The van der Waals surface area contributed by atoms with Gasteiger partial charge < -0.3 is 5.32 Å². The summed E-state index contributed by atoms with van der Waals surface area (Å²) in [5.41, 5.74) is 3.83. The highest BCUT2D eigenvalue weighted by Gasteiger charge is 2.12. The predicted octanol–water partition coefficient (Wildman–Crippen LogP) is 3.21. The van der Waals surface area contributed by atoms with Crippen LogP contribution in [0, 0.1) is 6.92 Å². The van der Waals surface area contributed by atoms with Crippen molar-refractivity contribution >= 4 is 11.8 Å². The summed E-state index contributed by atoms with van der Waals surface area (Å²) < 4.78 is 2.02. The molecule has 0 spiro atoms. The summed E-state index contributed by atoms with van der Waals surface area (Å²) in [5, 5.41) is 7.96. The summed E-state index contributed by atoms with van der Waals surface area (Å²) in [6, 6.07) is 11.3. The molecular weight excluding hydrogens is 278 g/mol. The molecule has 0 aliphatic heterocycles. The molecule has 4 heteroatoms. The number of rotatable bonds is 7. The smallest absolute Gasteiger partial charge is 0.0624 e. The second-order valence-electron chi connectivity index (χ2n) is 5.37. The summed E-state index contributed by atoms with van der Waals surface area (Å²) in [7, 11) is 4.08. The minimum Gasteiger partial charge on any atom is -0.316 e. The van der Waals surface area contributed by atoms with Crippen LogP contribution in [0.2, 0.25) is 0 Å². The minimum absolute atomic E-state index is 0.453. The molecule has 2 aromatic rings. The highest BCUT2D eigenvalue weighted by Crippen LogP contribution is 2.23. The average Bonchev–Trinajstić information content (AvgIpc) is 2.85. The van der Waals surface area contributed by atoms with E-state index in [0.717, 1.165) is 18.6 Å². The normalized spacial score (nSPS) is 12.6. The van der Waals surface area contributed by atoms with Crippen molar-refractivity contribution in [3.63, 3.8) is 0 Å². The van der Waals surface area contributed by atoms with Gasteiger partial charge in [-0.3, -0.25) is 4.68 Å². The maximum Gasteiger partial charge on any atom is 0.0624 e. The Labute approximate surface area is 132 Å². The topological polar surface area (TPSA) is 29.9 Å². The van der Waals surface area contributed by atoms with Crippen LogP contribution >= 0.6 is 11.8 Å². The number of hydrogen-bond acceptors (Lipinski definition) is 3. The fraction of sp³-hybridized carbons (Fsp3) is 0.471. The van der Waals surface area contributed by atoms with E-state index in [0.29, 0.717) is 6.04 Å². The number of aryl methyl sites for hydroxylation is 3. The lowest BCUT2D eigenvalue weighted by atomic mass is 10.1. The van der Waals surface area contributed by atoms with E-state index in [-0.39, 0.29) is 0 Å². The van der Waals surface area contributed by atoms with Crippen LogP contribution in [0.25, 0.3) is 0 Å². The zero-order chi connectivity index (χ0) is 15.2. The van der Waals surface area contributed by atoms with Crippen molar-refractivity contribution in [3.8, 4) is 0 Å². The quantitative estimate of drug-likeness (QED) is 0.797. The van der Waals surface area contributed by atoms with Gasteiger partial charge in [0.05, 0.1) is 5.69 Å². The van der Waals surface area contributed by atoms with Gasteiger partial charge >= 0.3 is 0 Å². The third-order valence-corrected chi connectivity index (χ3v) is 5.13. The average molecular weight is 303 g/mol. The third-order valence-electron chi connectivity index (χ3n) is 3.79. The van der Waals surface area contributed by atoms with E-state index in [4.69, 9.17) is 0 Å². The molecule has 2 rings (SSSR count). The van der Waals surface area contributed by atoms with Crippen molar-refractivity contribution in [2.75, 3.05) is 12.8 Å². The van der Waals surface area contributed by atoms with E-state index in [1.807, 2.05) is 30.5 Å². The second-order valence-corrected chi connectivity index (χ2v) is 6.43. The van der Waals surface area contributed by atoms with Gasteiger partial charge in [-0.15, -0.1) is 11.8 Å². The van der Waals surface area contributed by atoms with E-state index in [1.165, 1.54) is 21.8 Å². The summed E-state index contributed by atoms with van der Waals surface area (Å²) in [6.45, 7) is 4.32. The van der Waals surface area contributed by atoms with Crippen molar-refractivity contribution in [2.45, 2.75) is 37.6 Å². The minimum atomic E-state index is 0.453. The van der Waals surface area contributed by atoms with E-state index < -0.39 is 0 Å². The van der Waals surface area contributed by atoms with E-state index in [1.54, 1.807) is 0 Å². The van der Waals surface area contributed by atoms with Gasteiger partial charge in [0.2, 0.25) is 0 Å². The number of thioether (sulfide) groups is 1. The molecule has 1 atom stereocenters. The van der Waals surface area contributed by atoms with Crippen LogP contribution in [0.4, 0.5) is 0 Å². The Kier molecular flexibility index (Phi) is 5.88. The van der Waals surface area contributed by atoms with E-state index in [2.05, 4.69) is 54.6 Å². The molecule has 0 aliphatic rings. The Morgan fingerprint density at radius 1 is 1.33 bits per heavy atom. The molecule has 1 aromatic carbocycles. The van der Waals surface area contributed by atoms with Crippen LogP contribution in [-0.4, -0.2) is 28.6 Å². The first-order chi connectivity index (χ1) is 10.1. The molecule has 21 heavy (non-hydrogen) atoms. The van der Waals surface area contributed by atoms with Gasteiger partial charge in [0, 0.05) is 35.9 Å². The molecule has 0 aliphatic carbocycles. The van der Waals surface area contributed by atoms with Gasteiger partial charge in [-0.25, -0.2) is 0 Å². The molecule has 0 saturated heterocycles. The summed E-state index contributed by atoms with van der Waals surface area (Å²) in [4.78, 5) is 1.37. The zero-order valence-corrected chi connectivity index (χ0v) is 14.2. The number of benzene rings is 1. The van der Waals surface area contributed by atoms with Gasteiger partial charge in [-0.05, 0) is 38.1 Å². The van der Waals surface area contributed by atoms with Crippen LogP contribution in [0.15, 0.2) is 35.2 Å². The zero-order valence-electron chi connectivity index (χ0n) is 13.4. The Bertz CT molecular complexity index is 577. The van der Waals surface area contributed by atoms with Gasteiger partial charge in [-0.2, -0.15) is 5.10 Å². The lowest BCUT2D eigenvalue weighted by Crippen LogP contribution is -2.30. The lowest BCUT2D eigenvalue weighted by Gasteiger charge is -2.16. The molecule has 1 N–H and O–H groups in total. The largest absolute Gasteiger partial charge is 0.316 e. The number of nitrogens with zero attached hydrogens (tertiary/aromatic N) is 2. The van der Waals surface area contributed by atoms with Crippen LogP contribution in [-0.2, 0) is 19.9 Å². The summed E-state index contributed by atoms with van der Waals surface area (Å²) in [6.07, 6.45) is 2.01. The van der Waals surface area contributed by atoms with Crippen LogP contribution < -0.4 is 5.32 Å². The monoisotopic (exact) mass is 303 g/mol. The van der Waals surface area contributed by atoms with Crippen molar-refractivity contribution < 1.29 is 0 Å². The van der Waals surface area contributed by atoms with Crippen molar-refractivity contribution in [1.29, 1.82) is 0 Å². The van der Waals surface area contributed by atoms with Gasteiger partial charge in [0.25, 0.3) is 0 Å². The molecule has 0 saturated carbocycles. The summed E-state index contributed by atoms with van der Waals surface area (Å²) >= 11 is 1.93. The maximum atomic E-state index is 4.53. The summed E-state index contributed by atoms with van der Waals surface area (Å²) in [5.74, 6) is 1.06. The molecule has 114 valence electrons. The van der Waals surface area contributed by atoms with E-state index in [9.17, 15) is 0 Å². The highest BCUT2D eigenvalue weighted by molar-refractivity contribution is 7.99. The molecule has 1 aromatic heterocycles. The Morgan fingerprint density at radius 2 is 2.10 bits per heavy atom. The molecule has 3 nitrogen and oxygen atoms in total. The molecule has 1 unspecified atom stereocenters. The molecule has 1 heterocycles. The fourth-order valence-electron chi connectivity index (χ4n) is 2.34. The Morgan fingerprint density at radius 3 is 2.71 bits per heavy atom. The molecular formula is C17H25N3S. The SMILES string of the molecule is CCc1cc(CC(CSc2ccccc2C)NC)n(C)n1. The maximum absolute atomic E-state index is 4.53. The van der Waals surface area contributed by atoms with Crippen molar-refractivity contribution in [1.82, 2.24) is 15.1 Å². The molecule has 0 radical (unpaired) electrons. The van der Waals surface area contributed by atoms with Gasteiger partial charge in [0.1, 0.15) is 0 Å². The Hall–Kier alpha value is -1.26. The lowest BCUT2D eigenvalue weighted by molar-refractivity contribution is 0.581. The van der Waals surface area contributed by atoms with Crippen molar-refractivity contribution in [2.24, 2.45) is 7.05 Å². The van der Waals surface area contributed by atoms with Crippen LogP contribution in [0.1, 0.15) is 23.9 Å². The number of aromatic nitrogens is 2. The van der Waals surface area contributed by atoms with Gasteiger partial charge in [-0.1, -0.05) is 25.1 Å². The van der Waals surface area contributed by atoms with E-state index >= 15 is 0 Å². The first kappa shape index (κ1) is 16.1. The highest BCUT2D eigenvalue weighted by atomic mass is 32.2. The van der Waals surface area contributed by atoms with Crippen LogP contribution in [0.3, 0.4) is 0 Å². The number of hydrogen-bond donors (Lipinski definition) is 1. The third kappa shape index (κ3) is 4.35. The molecule has 0 amide bonds. The fourth-order valence-corrected chi connectivity index (χ4v) is 3.48. The first-order valence-corrected chi connectivity index (χ1v) is 8.50. The number of likely N-dealkylation sites (N-methyl/N-ethyl adjacent to an activating group) is 1. The standard InChI is InChI=1S/C17H25N3S/c1-5-14-10-16(20(4)19-14)11-15(18-3)12-21-17-9-7-6-8-13(17)2/h6-10,15,18H,5,11-12H2,1-4H3. The molecule has 0 bridgehead atoms. The second kappa shape index (κ2) is 7.66. The van der Waals surface area contributed by atoms with Crippen molar-refractivity contribution in [3.05, 3.63) is 47.3 Å². The predicted molar refractivity (Wildman–Crippen MR) is 91.0 cm³/mol. The first-order valence-electron chi connectivity index (χ1n) is 7.51.